The van der Waals surface area contributed by atoms with Crippen LogP contribution < -0.4 is 19.1 Å². The van der Waals surface area contributed by atoms with Crippen molar-refractivity contribution in [3.8, 4) is 11.5 Å². The molecular weight excluding hydrogens is 416 g/mol. The minimum atomic E-state index is -3.94. The Balaban J connectivity index is 1.43. The smallest absolute Gasteiger partial charge is 0.264 e. The number of carbonyl (C=O) groups is 1. The van der Waals surface area contributed by atoms with Gasteiger partial charge in [0.05, 0.1) is 10.6 Å². The lowest BCUT2D eigenvalue weighted by atomic mass is 9.95. The maximum Gasteiger partial charge on any atom is 0.264 e. The van der Waals surface area contributed by atoms with Crippen molar-refractivity contribution in [3.63, 3.8) is 0 Å². The number of nitrogens with one attached hydrogen (secondary N) is 1. The zero-order valence-electron chi connectivity index (χ0n) is 17.2. The summed E-state index contributed by atoms with van der Waals surface area (Å²) in [5.74, 6) is 1.97. The largest absolute Gasteiger partial charge is 0.486 e. The second kappa shape index (κ2) is 8.07. The monoisotopic (exact) mass is 442 g/mol. The predicted octanol–water partition coefficient (Wildman–Crippen LogP) is 2.96. The van der Waals surface area contributed by atoms with Crippen LogP contribution >= 0.6 is 0 Å². The van der Waals surface area contributed by atoms with Gasteiger partial charge in [0.25, 0.3) is 10.0 Å². The standard InChI is InChI=1S/C23H26N2O5S/c26-23(24-20-13-16-6-7-17(20)12-16)15-25(31(27,28)19-4-2-1-3-5-19)18-8-9-21-22(14-18)30-11-10-29-21/h1-5,8-9,14,16-17,20H,6-7,10-13,15H2,(H,24,26)/t16-,17+,20+/m1/s1. The number of fused-ring (bicyclic) bond motifs is 3. The summed E-state index contributed by atoms with van der Waals surface area (Å²) in [5, 5.41) is 3.10. The lowest BCUT2D eigenvalue weighted by Crippen LogP contribution is -2.46. The molecule has 1 N–H and O–H groups in total. The molecule has 2 saturated carbocycles. The van der Waals surface area contributed by atoms with E-state index in [1.807, 2.05) is 0 Å². The first-order valence-corrected chi connectivity index (χ1v) is 12.2. The molecule has 164 valence electrons. The molecule has 0 spiro atoms. The lowest BCUT2D eigenvalue weighted by Gasteiger charge is -2.28. The molecule has 3 atom stereocenters. The number of sulfonamides is 1. The summed E-state index contributed by atoms with van der Waals surface area (Å²) in [4.78, 5) is 13.1. The van der Waals surface area contributed by atoms with Gasteiger partial charge in [-0.25, -0.2) is 8.42 Å². The Labute approximate surface area is 182 Å². The number of amides is 1. The quantitative estimate of drug-likeness (QED) is 0.744. The molecule has 0 unspecified atom stereocenters. The van der Waals surface area contributed by atoms with Gasteiger partial charge in [-0.05, 0) is 55.4 Å². The normalized spacial score (nSPS) is 24.1. The molecule has 7 nitrogen and oxygen atoms in total. The van der Waals surface area contributed by atoms with E-state index < -0.39 is 10.0 Å². The fraction of sp³-hybridized carbons (Fsp3) is 0.435. The first kappa shape index (κ1) is 20.2. The van der Waals surface area contributed by atoms with Crippen LogP contribution in [0.2, 0.25) is 0 Å². The maximum absolute atomic E-state index is 13.5. The van der Waals surface area contributed by atoms with Crippen molar-refractivity contribution in [2.24, 2.45) is 11.8 Å². The molecule has 3 aliphatic rings. The first-order chi connectivity index (χ1) is 15.0. The van der Waals surface area contributed by atoms with E-state index in [0.29, 0.717) is 42.2 Å². The van der Waals surface area contributed by atoms with Crippen molar-refractivity contribution in [1.29, 1.82) is 0 Å². The van der Waals surface area contributed by atoms with Crippen LogP contribution in [0.3, 0.4) is 0 Å². The SMILES string of the molecule is O=C(CN(c1ccc2c(c1)OCCO2)S(=O)(=O)c1ccccc1)N[C@H]1C[C@@H]2CC[C@H]1C2. The Morgan fingerprint density at radius 3 is 2.48 bits per heavy atom. The van der Waals surface area contributed by atoms with Gasteiger partial charge in [0.15, 0.2) is 11.5 Å². The Morgan fingerprint density at radius 1 is 1.00 bits per heavy atom. The molecule has 1 amide bonds. The number of carbonyl (C=O) groups excluding carboxylic acids is 1. The number of anilines is 1. The van der Waals surface area contributed by atoms with Crippen LogP contribution in [0.25, 0.3) is 0 Å². The third-order valence-electron chi connectivity index (χ3n) is 6.52. The number of nitrogens with zero attached hydrogens (tertiary/aromatic N) is 1. The second-order valence-electron chi connectivity index (χ2n) is 8.50. The van der Waals surface area contributed by atoms with Gasteiger partial charge in [0, 0.05) is 12.1 Å². The van der Waals surface area contributed by atoms with E-state index in [1.54, 1.807) is 36.4 Å². The minimum Gasteiger partial charge on any atom is -0.486 e. The summed E-state index contributed by atoms with van der Waals surface area (Å²) in [7, 11) is -3.94. The van der Waals surface area contributed by atoms with Crippen molar-refractivity contribution in [1.82, 2.24) is 5.32 Å². The summed E-state index contributed by atoms with van der Waals surface area (Å²) in [6, 6.07) is 13.3. The molecular formula is C23H26N2O5S. The van der Waals surface area contributed by atoms with Crippen LogP contribution in [0.15, 0.2) is 53.4 Å². The van der Waals surface area contributed by atoms with Crippen molar-refractivity contribution in [2.75, 3.05) is 24.1 Å². The summed E-state index contributed by atoms with van der Waals surface area (Å²) in [5.41, 5.74) is 0.371. The van der Waals surface area contributed by atoms with Gasteiger partial charge >= 0.3 is 0 Å². The molecule has 2 fully saturated rings. The number of hydrogen-bond donors (Lipinski definition) is 1. The number of ether oxygens (including phenoxy) is 2. The van der Waals surface area contributed by atoms with E-state index >= 15 is 0 Å². The van der Waals surface area contributed by atoms with Crippen LogP contribution in [-0.4, -0.2) is 40.1 Å². The molecule has 0 saturated heterocycles. The van der Waals surface area contributed by atoms with Crippen molar-refractivity contribution in [2.45, 2.75) is 36.6 Å². The molecule has 2 aromatic rings. The molecule has 1 aliphatic heterocycles. The van der Waals surface area contributed by atoms with Gasteiger partial charge < -0.3 is 14.8 Å². The van der Waals surface area contributed by atoms with Crippen molar-refractivity contribution < 1.29 is 22.7 Å². The van der Waals surface area contributed by atoms with E-state index in [0.717, 1.165) is 17.1 Å². The Morgan fingerprint density at radius 2 is 1.77 bits per heavy atom. The van der Waals surface area contributed by atoms with E-state index in [2.05, 4.69) is 5.32 Å². The van der Waals surface area contributed by atoms with E-state index in [9.17, 15) is 13.2 Å². The van der Waals surface area contributed by atoms with E-state index in [4.69, 9.17) is 9.47 Å². The zero-order valence-corrected chi connectivity index (χ0v) is 18.0. The van der Waals surface area contributed by atoms with Crippen LogP contribution in [0.5, 0.6) is 11.5 Å². The maximum atomic E-state index is 13.5. The van der Waals surface area contributed by atoms with Crippen LogP contribution in [-0.2, 0) is 14.8 Å². The highest BCUT2D eigenvalue weighted by Gasteiger charge is 2.40. The average molecular weight is 443 g/mol. The molecule has 0 radical (unpaired) electrons. The molecule has 0 aromatic heterocycles. The molecule has 1 heterocycles. The molecule has 8 heteroatoms. The fourth-order valence-electron chi connectivity index (χ4n) is 5.03. The molecule has 31 heavy (non-hydrogen) atoms. The second-order valence-corrected chi connectivity index (χ2v) is 10.4. The number of benzene rings is 2. The van der Waals surface area contributed by atoms with Gasteiger partial charge in [0.2, 0.25) is 5.91 Å². The number of rotatable bonds is 6. The third-order valence-corrected chi connectivity index (χ3v) is 8.30. The Hall–Kier alpha value is -2.74. The summed E-state index contributed by atoms with van der Waals surface area (Å²) in [6.45, 7) is 0.557. The van der Waals surface area contributed by atoms with Crippen LogP contribution in [0, 0.1) is 11.8 Å². The number of hydrogen-bond acceptors (Lipinski definition) is 5. The van der Waals surface area contributed by atoms with Gasteiger partial charge in [-0.15, -0.1) is 0 Å². The van der Waals surface area contributed by atoms with Crippen molar-refractivity contribution in [3.05, 3.63) is 48.5 Å². The molecule has 2 aliphatic carbocycles. The summed E-state index contributed by atoms with van der Waals surface area (Å²) in [6.07, 6.45) is 4.54. The Kier molecular flexibility index (Phi) is 5.25. The highest BCUT2D eigenvalue weighted by Crippen LogP contribution is 2.44. The highest BCUT2D eigenvalue weighted by atomic mass is 32.2. The van der Waals surface area contributed by atoms with Crippen LogP contribution in [0.1, 0.15) is 25.7 Å². The summed E-state index contributed by atoms with van der Waals surface area (Å²) < 4.78 is 39.3. The molecule has 5 rings (SSSR count). The first-order valence-electron chi connectivity index (χ1n) is 10.8. The van der Waals surface area contributed by atoms with Gasteiger partial charge in [-0.1, -0.05) is 24.6 Å². The molecule has 2 bridgehead atoms. The minimum absolute atomic E-state index is 0.137. The topological polar surface area (TPSA) is 84.9 Å². The average Bonchev–Trinajstić information content (AvgIpc) is 3.41. The summed E-state index contributed by atoms with van der Waals surface area (Å²) >= 11 is 0. The van der Waals surface area contributed by atoms with Crippen LogP contribution in [0.4, 0.5) is 5.69 Å². The Bertz CT molecular complexity index is 1070. The van der Waals surface area contributed by atoms with Crippen molar-refractivity contribution >= 4 is 21.6 Å². The zero-order chi connectivity index (χ0) is 21.4. The fourth-order valence-corrected chi connectivity index (χ4v) is 6.46. The van der Waals surface area contributed by atoms with Gasteiger partial charge in [-0.3, -0.25) is 9.10 Å². The van der Waals surface area contributed by atoms with Gasteiger partial charge in [0.1, 0.15) is 19.8 Å². The van der Waals surface area contributed by atoms with E-state index in [-0.39, 0.29) is 23.4 Å². The lowest BCUT2D eigenvalue weighted by molar-refractivity contribution is -0.120. The third kappa shape index (κ3) is 3.96. The predicted molar refractivity (Wildman–Crippen MR) is 116 cm³/mol. The van der Waals surface area contributed by atoms with Gasteiger partial charge in [-0.2, -0.15) is 0 Å². The molecule has 2 aromatic carbocycles. The van der Waals surface area contributed by atoms with E-state index in [1.165, 1.54) is 25.0 Å². The highest BCUT2D eigenvalue weighted by molar-refractivity contribution is 7.92.